The van der Waals surface area contributed by atoms with E-state index in [4.69, 9.17) is 0 Å². The molecule has 114 valence electrons. The Labute approximate surface area is 141 Å². The normalized spacial score (nSPS) is 13.7. The zero-order chi connectivity index (χ0) is 16.1. The largest absolute Gasteiger partial charge is 0.268 e. The molecular weight excluding hydrogens is 328 g/mol. The second-order valence-corrected chi connectivity index (χ2v) is 7.64. The molecule has 0 aliphatic carbocycles. The highest BCUT2D eigenvalue weighted by atomic mass is 32.1. The van der Waals surface area contributed by atoms with Gasteiger partial charge in [0.05, 0.1) is 27.2 Å². The summed E-state index contributed by atoms with van der Waals surface area (Å²) in [7, 11) is 0. The maximum atomic E-state index is 12.7. The van der Waals surface area contributed by atoms with Gasteiger partial charge in [-0.1, -0.05) is 12.1 Å². The number of aromatic nitrogens is 1. The van der Waals surface area contributed by atoms with Crippen molar-refractivity contribution in [1.82, 2.24) is 4.98 Å². The summed E-state index contributed by atoms with van der Waals surface area (Å²) < 4.78 is 0. The maximum absolute atomic E-state index is 12.7. The Morgan fingerprint density at radius 2 is 1.74 bits per heavy atom. The number of fused-ring (bicyclic) bond motifs is 1. The number of benzene rings is 1. The van der Waals surface area contributed by atoms with Crippen LogP contribution in [0.15, 0.2) is 36.0 Å². The third-order valence-corrected chi connectivity index (χ3v) is 5.76. The van der Waals surface area contributed by atoms with Crippen LogP contribution in [0.5, 0.6) is 0 Å². The minimum atomic E-state index is -0.228. The van der Waals surface area contributed by atoms with Crippen molar-refractivity contribution in [1.29, 1.82) is 0 Å². The molecule has 0 N–H and O–H groups in total. The standard InChI is InChI=1S/C17H12N2O2S2/c1-9-14-15(10(2)23-9)17(21)19(16(14)20)12-5-3-4-11(6-12)13-7-18-8-22-13/h3-8H,1-2H3. The van der Waals surface area contributed by atoms with E-state index >= 15 is 0 Å². The first kappa shape index (κ1) is 14.3. The Bertz CT molecular complexity index is 905. The summed E-state index contributed by atoms with van der Waals surface area (Å²) >= 11 is 3.03. The highest BCUT2D eigenvalue weighted by Gasteiger charge is 2.40. The van der Waals surface area contributed by atoms with E-state index in [-0.39, 0.29) is 11.8 Å². The third-order valence-electron chi connectivity index (χ3n) is 3.92. The maximum Gasteiger partial charge on any atom is 0.267 e. The Morgan fingerprint density at radius 1 is 1.04 bits per heavy atom. The number of carbonyl (C=O) groups excluding carboxylic acids is 2. The number of thiophene rings is 1. The van der Waals surface area contributed by atoms with Gasteiger partial charge in [-0.25, -0.2) is 4.90 Å². The lowest BCUT2D eigenvalue weighted by atomic mass is 10.1. The Balaban J connectivity index is 1.81. The van der Waals surface area contributed by atoms with Crippen LogP contribution >= 0.6 is 22.7 Å². The number of carbonyl (C=O) groups is 2. The monoisotopic (exact) mass is 340 g/mol. The summed E-state index contributed by atoms with van der Waals surface area (Å²) in [5, 5.41) is 0. The first-order chi connectivity index (χ1) is 11.1. The molecule has 1 aliphatic rings. The fraction of sp³-hybridized carbons (Fsp3) is 0.118. The molecule has 23 heavy (non-hydrogen) atoms. The van der Waals surface area contributed by atoms with E-state index in [1.165, 1.54) is 27.6 Å². The van der Waals surface area contributed by atoms with E-state index < -0.39 is 0 Å². The molecule has 0 saturated heterocycles. The second kappa shape index (κ2) is 5.11. The van der Waals surface area contributed by atoms with Crippen molar-refractivity contribution in [3.05, 3.63) is 56.9 Å². The average Bonchev–Trinajstić information content (AvgIpc) is 3.20. The van der Waals surface area contributed by atoms with Gasteiger partial charge in [0.1, 0.15) is 0 Å². The summed E-state index contributed by atoms with van der Waals surface area (Å²) in [4.78, 5) is 33.6. The minimum Gasteiger partial charge on any atom is -0.268 e. The number of thiazole rings is 1. The van der Waals surface area contributed by atoms with E-state index in [9.17, 15) is 9.59 Å². The van der Waals surface area contributed by atoms with Crippen molar-refractivity contribution >= 4 is 40.2 Å². The summed E-state index contributed by atoms with van der Waals surface area (Å²) in [5.41, 5.74) is 4.43. The fourth-order valence-electron chi connectivity index (χ4n) is 2.91. The SMILES string of the molecule is Cc1sc(C)c2c1C(=O)N(c1cccc(-c3cncs3)c1)C2=O. The fourth-order valence-corrected chi connectivity index (χ4v) is 4.57. The first-order valence-electron chi connectivity index (χ1n) is 7.05. The molecule has 0 bridgehead atoms. The van der Waals surface area contributed by atoms with Crippen LogP contribution in [0.25, 0.3) is 10.4 Å². The lowest BCUT2D eigenvalue weighted by Gasteiger charge is -2.15. The molecule has 4 rings (SSSR count). The molecule has 0 atom stereocenters. The van der Waals surface area contributed by atoms with Gasteiger partial charge in [-0.15, -0.1) is 22.7 Å². The van der Waals surface area contributed by atoms with Crippen molar-refractivity contribution in [2.24, 2.45) is 0 Å². The summed E-state index contributed by atoms with van der Waals surface area (Å²) in [5.74, 6) is -0.457. The molecule has 0 unspecified atom stereocenters. The molecule has 0 spiro atoms. The molecule has 6 heteroatoms. The number of nitrogens with zero attached hydrogens (tertiary/aromatic N) is 2. The number of hydrogen-bond donors (Lipinski definition) is 0. The molecule has 1 aliphatic heterocycles. The highest BCUT2D eigenvalue weighted by Crippen LogP contribution is 2.38. The number of hydrogen-bond acceptors (Lipinski definition) is 5. The zero-order valence-corrected chi connectivity index (χ0v) is 14.1. The van der Waals surface area contributed by atoms with Gasteiger partial charge < -0.3 is 0 Å². The van der Waals surface area contributed by atoms with Crippen LogP contribution in [-0.2, 0) is 0 Å². The topological polar surface area (TPSA) is 50.3 Å². The van der Waals surface area contributed by atoms with Crippen LogP contribution in [0.2, 0.25) is 0 Å². The zero-order valence-electron chi connectivity index (χ0n) is 12.5. The van der Waals surface area contributed by atoms with Crippen molar-refractivity contribution in [2.75, 3.05) is 4.90 Å². The molecule has 0 fully saturated rings. The number of aryl methyl sites for hydroxylation is 2. The predicted octanol–water partition coefficient (Wildman–Crippen LogP) is 4.29. The summed E-state index contributed by atoms with van der Waals surface area (Å²) in [6, 6.07) is 7.47. The molecule has 1 aromatic carbocycles. The lowest BCUT2D eigenvalue weighted by Crippen LogP contribution is -2.29. The first-order valence-corrected chi connectivity index (χ1v) is 8.75. The lowest BCUT2D eigenvalue weighted by molar-refractivity contribution is 0.0926. The van der Waals surface area contributed by atoms with Crippen LogP contribution in [0.4, 0.5) is 5.69 Å². The van der Waals surface area contributed by atoms with Gasteiger partial charge in [0, 0.05) is 16.0 Å². The van der Waals surface area contributed by atoms with Gasteiger partial charge in [-0.2, -0.15) is 0 Å². The molecule has 3 aromatic rings. The van der Waals surface area contributed by atoms with Gasteiger partial charge >= 0.3 is 0 Å². The Morgan fingerprint density at radius 3 is 2.35 bits per heavy atom. The summed E-state index contributed by atoms with van der Waals surface area (Å²) in [6.45, 7) is 3.78. The predicted molar refractivity (Wildman–Crippen MR) is 92.5 cm³/mol. The minimum absolute atomic E-state index is 0.228. The number of anilines is 1. The van der Waals surface area contributed by atoms with E-state index in [1.807, 2.05) is 32.0 Å². The number of amides is 2. The van der Waals surface area contributed by atoms with E-state index in [2.05, 4.69) is 4.98 Å². The molecule has 2 aromatic heterocycles. The van der Waals surface area contributed by atoms with Crippen molar-refractivity contribution < 1.29 is 9.59 Å². The third kappa shape index (κ3) is 2.06. The Kier molecular flexibility index (Phi) is 3.18. The quantitative estimate of drug-likeness (QED) is 0.654. The molecule has 2 amide bonds. The van der Waals surface area contributed by atoms with Crippen LogP contribution in [0.3, 0.4) is 0 Å². The van der Waals surface area contributed by atoms with Crippen LogP contribution in [-0.4, -0.2) is 16.8 Å². The van der Waals surface area contributed by atoms with Gasteiger partial charge in [0.2, 0.25) is 0 Å². The second-order valence-electron chi connectivity index (χ2n) is 5.33. The molecular formula is C17H12N2O2S2. The van der Waals surface area contributed by atoms with E-state index in [0.717, 1.165) is 20.2 Å². The Hall–Kier alpha value is -2.31. The van der Waals surface area contributed by atoms with E-state index in [1.54, 1.807) is 17.8 Å². The molecule has 0 radical (unpaired) electrons. The van der Waals surface area contributed by atoms with Crippen LogP contribution < -0.4 is 4.90 Å². The van der Waals surface area contributed by atoms with Gasteiger partial charge in [0.25, 0.3) is 11.8 Å². The smallest absolute Gasteiger partial charge is 0.267 e. The molecule has 0 saturated carbocycles. The van der Waals surface area contributed by atoms with E-state index in [0.29, 0.717) is 16.8 Å². The molecule has 4 nitrogen and oxygen atoms in total. The average molecular weight is 340 g/mol. The number of imide groups is 1. The van der Waals surface area contributed by atoms with Crippen molar-refractivity contribution in [2.45, 2.75) is 13.8 Å². The molecule has 3 heterocycles. The summed E-state index contributed by atoms with van der Waals surface area (Å²) in [6.07, 6.45) is 1.78. The van der Waals surface area contributed by atoms with Gasteiger partial charge in [-0.05, 0) is 31.5 Å². The van der Waals surface area contributed by atoms with Crippen LogP contribution in [0, 0.1) is 13.8 Å². The number of rotatable bonds is 2. The van der Waals surface area contributed by atoms with Crippen LogP contribution in [0.1, 0.15) is 30.5 Å². The highest BCUT2D eigenvalue weighted by molar-refractivity contribution is 7.13. The van der Waals surface area contributed by atoms with Gasteiger partial charge in [0.15, 0.2) is 0 Å². The van der Waals surface area contributed by atoms with Crippen molar-refractivity contribution in [3.63, 3.8) is 0 Å². The van der Waals surface area contributed by atoms with Crippen molar-refractivity contribution in [3.8, 4) is 10.4 Å². The van der Waals surface area contributed by atoms with Gasteiger partial charge in [-0.3, -0.25) is 14.6 Å².